The van der Waals surface area contributed by atoms with Crippen molar-refractivity contribution in [3.8, 4) is 22.4 Å². The number of rotatable bonds is 5. The molecule has 1 aromatic heterocycles. The molecule has 4 aromatic carbocycles. The number of para-hydroxylation sites is 2. The molecule has 0 fully saturated rings. The number of pyridine rings is 1. The third kappa shape index (κ3) is 4.47. The van der Waals surface area contributed by atoms with Crippen molar-refractivity contribution in [2.75, 3.05) is 18.1 Å². The highest BCUT2D eigenvalue weighted by Gasteiger charge is 2.25. The summed E-state index contributed by atoms with van der Waals surface area (Å²) in [6.07, 6.45) is 0.803. The van der Waals surface area contributed by atoms with Gasteiger partial charge in [-0.15, -0.1) is 0 Å². The molecular weight excluding hydrogens is 460 g/mol. The van der Waals surface area contributed by atoms with Gasteiger partial charge in [0.2, 0.25) is 0 Å². The lowest BCUT2D eigenvalue weighted by Gasteiger charge is -2.17. The van der Waals surface area contributed by atoms with Gasteiger partial charge in [0, 0.05) is 23.2 Å². The highest BCUT2D eigenvalue weighted by Crippen LogP contribution is 2.29. The highest BCUT2D eigenvalue weighted by atomic mass is 16.5. The molecule has 5 heteroatoms. The van der Waals surface area contributed by atoms with Crippen molar-refractivity contribution < 1.29 is 14.3 Å². The van der Waals surface area contributed by atoms with Gasteiger partial charge in [0.15, 0.2) is 6.61 Å². The fourth-order valence-corrected chi connectivity index (χ4v) is 4.84. The molecule has 1 amide bonds. The first kappa shape index (κ1) is 22.7. The minimum atomic E-state index is -0.540. The van der Waals surface area contributed by atoms with Crippen molar-refractivity contribution in [2.45, 2.75) is 6.42 Å². The number of nitrogens with zero attached hydrogens (tertiary/aromatic N) is 2. The molecule has 0 unspecified atom stereocenters. The van der Waals surface area contributed by atoms with Gasteiger partial charge in [0.1, 0.15) is 0 Å². The van der Waals surface area contributed by atoms with Crippen molar-refractivity contribution in [2.24, 2.45) is 0 Å². The summed E-state index contributed by atoms with van der Waals surface area (Å²) in [5, 5.41) is 0.691. The lowest BCUT2D eigenvalue weighted by Crippen LogP contribution is -2.33. The number of esters is 1. The van der Waals surface area contributed by atoms with Crippen LogP contribution in [-0.4, -0.2) is 30.0 Å². The molecule has 0 saturated heterocycles. The van der Waals surface area contributed by atoms with Gasteiger partial charge in [-0.25, -0.2) is 9.78 Å². The molecule has 0 aliphatic carbocycles. The van der Waals surface area contributed by atoms with Crippen LogP contribution >= 0.6 is 0 Å². The molecule has 5 nitrogen and oxygen atoms in total. The molecule has 0 spiro atoms. The average Bonchev–Trinajstić information content (AvgIpc) is 3.40. The van der Waals surface area contributed by atoms with E-state index >= 15 is 0 Å². The molecule has 0 N–H and O–H groups in total. The Kier molecular flexibility index (Phi) is 5.95. The third-order valence-electron chi connectivity index (χ3n) is 6.74. The molecule has 37 heavy (non-hydrogen) atoms. The van der Waals surface area contributed by atoms with Crippen LogP contribution in [0.25, 0.3) is 33.3 Å². The monoisotopic (exact) mass is 484 g/mol. The summed E-state index contributed by atoms with van der Waals surface area (Å²) in [4.78, 5) is 32.6. The van der Waals surface area contributed by atoms with E-state index in [4.69, 9.17) is 9.72 Å². The average molecular weight is 485 g/mol. The minimum Gasteiger partial charge on any atom is -0.452 e. The van der Waals surface area contributed by atoms with E-state index in [2.05, 4.69) is 12.1 Å². The van der Waals surface area contributed by atoms with Crippen LogP contribution in [0.15, 0.2) is 109 Å². The van der Waals surface area contributed by atoms with Crippen LogP contribution in [-0.2, 0) is 16.0 Å². The topological polar surface area (TPSA) is 59.5 Å². The van der Waals surface area contributed by atoms with Gasteiger partial charge in [0.05, 0.1) is 16.8 Å². The van der Waals surface area contributed by atoms with Gasteiger partial charge in [0.25, 0.3) is 5.91 Å². The number of aromatic nitrogens is 1. The Labute approximate surface area is 215 Å². The second kappa shape index (κ2) is 9.70. The van der Waals surface area contributed by atoms with Crippen molar-refractivity contribution >= 4 is 28.5 Å². The largest absolute Gasteiger partial charge is 0.452 e. The summed E-state index contributed by atoms with van der Waals surface area (Å²) < 4.78 is 5.54. The van der Waals surface area contributed by atoms with Crippen molar-refractivity contribution in [1.82, 2.24) is 4.98 Å². The van der Waals surface area contributed by atoms with Crippen LogP contribution in [0.1, 0.15) is 15.9 Å². The van der Waals surface area contributed by atoms with Crippen LogP contribution in [0.4, 0.5) is 5.69 Å². The number of anilines is 1. The number of benzene rings is 4. The predicted molar refractivity (Wildman–Crippen MR) is 145 cm³/mol. The molecule has 1 aliphatic rings. The number of carbonyl (C=O) groups is 2. The number of amides is 1. The first-order valence-electron chi connectivity index (χ1n) is 12.3. The molecule has 2 heterocycles. The summed E-state index contributed by atoms with van der Waals surface area (Å²) in [7, 11) is 0. The summed E-state index contributed by atoms with van der Waals surface area (Å²) in [6.45, 7) is 0.280. The Bertz CT molecular complexity index is 1610. The van der Waals surface area contributed by atoms with Gasteiger partial charge in [-0.2, -0.15) is 0 Å². The molecule has 0 atom stereocenters. The fourth-order valence-electron chi connectivity index (χ4n) is 4.84. The van der Waals surface area contributed by atoms with Gasteiger partial charge in [-0.05, 0) is 41.3 Å². The molecular formula is C32H24N2O3. The smallest absolute Gasteiger partial charge is 0.339 e. The van der Waals surface area contributed by atoms with Crippen molar-refractivity contribution in [1.29, 1.82) is 0 Å². The van der Waals surface area contributed by atoms with Crippen LogP contribution < -0.4 is 4.90 Å². The van der Waals surface area contributed by atoms with E-state index in [1.807, 2.05) is 91.0 Å². The lowest BCUT2D eigenvalue weighted by atomic mass is 10.0. The van der Waals surface area contributed by atoms with Gasteiger partial charge in [-0.3, -0.25) is 4.79 Å². The minimum absolute atomic E-state index is 0.228. The molecule has 5 aromatic rings. The maximum absolute atomic E-state index is 13.2. The van der Waals surface area contributed by atoms with Crippen LogP contribution in [0.5, 0.6) is 0 Å². The van der Waals surface area contributed by atoms with Crippen LogP contribution in [0, 0.1) is 0 Å². The zero-order valence-corrected chi connectivity index (χ0v) is 20.1. The Morgan fingerprint density at radius 2 is 1.43 bits per heavy atom. The van der Waals surface area contributed by atoms with Gasteiger partial charge in [-0.1, -0.05) is 91.0 Å². The number of fused-ring (bicyclic) bond motifs is 2. The Morgan fingerprint density at radius 1 is 0.757 bits per heavy atom. The van der Waals surface area contributed by atoms with E-state index < -0.39 is 5.97 Å². The first-order chi connectivity index (χ1) is 18.2. The highest BCUT2D eigenvalue weighted by molar-refractivity contribution is 6.06. The fraction of sp³-hybridized carbons (Fsp3) is 0.0938. The van der Waals surface area contributed by atoms with Gasteiger partial charge >= 0.3 is 5.97 Å². The SMILES string of the molecule is O=C(OCC(=O)N1CCc2ccccc21)c1cc(-c2ccc(-c3ccccc3)cc2)nc2ccccc12. The maximum Gasteiger partial charge on any atom is 0.339 e. The van der Waals surface area contributed by atoms with E-state index in [0.717, 1.165) is 34.4 Å². The molecule has 0 saturated carbocycles. The van der Waals surface area contributed by atoms with Crippen molar-refractivity contribution in [3.05, 3.63) is 120 Å². The number of hydrogen-bond donors (Lipinski definition) is 0. The first-order valence-corrected chi connectivity index (χ1v) is 12.3. The zero-order chi connectivity index (χ0) is 25.2. The van der Waals surface area contributed by atoms with E-state index in [-0.39, 0.29) is 12.5 Å². The van der Waals surface area contributed by atoms with E-state index in [1.165, 1.54) is 0 Å². The van der Waals surface area contributed by atoms with Crippen LogP contribution in [0.3, 0.4) is 0 Å². The zero-order valence-electron chi connectivity index (χ0n) is 20.1. The van der Waals surface area contributed by atoms with E-state index in [9.17, 15) is 9.59 Å². The van der Waals surface area contributed by atoms with Crippen LogP contribution in [0.2, 0.25) is 0 Å². The molecule has 1 aliphatic heterocycles. The third-order valence-corrected chi connectivity index (χ3v) is 6.74. The Balaban J connectivity index is 1.26. The molecule has 6 rings (SSSR count). The standard InChI is InChI=1S/C32H24N2O3/c35-31(34-19-18-25-10-4-7-13-30(25)34)21-37-32(36)27-20-29(33-28-12-6-5-11-26(27)28)24-16-14-23(15-17-24)22-8-2-1-3-9-22/h1-17,20H,18-19,21H2. The normalized spacial score (nSPS) is 12.4. The van der Waals surface area contributed by atoms with E-state index in [1.54, 1.807) is 11.0 Å². The Morgan fingerprint density at radius 3 is 2.27 bits per heavy atom. The number of hydrogen-bond acceptors (Lipinski definition) is 4. The quantitative estimate of drug-likeness (QED) is 0.274. The molecule has 180 valence electrons. The maximum atomic E-state index is 13.2. The Hall–Kier alpha value is -4.77. The molecule has 0 bridgehead atoms. The second-order valence-corrected chi connectivity index (χ2v) is 9.02. The van der Waals surface area contributed by atoms with Gasteiger partial charge < -0.3 is 9.64 Å². The summed E-state index contributed by atoms with van der Waals surface area (Å²) in [5.41, 5.74) is 6.90. The molecule has 0 radical (unpaired) electrons. The second-order valence-electron chi connectivity index (χ2n) is 9.02. The lowest BCUT2D eigenvalue weighted by molar-refractivity contribution is -0.121. The predicted octanol–water partition coefficient (Wildman–Crippen LogP) is 6.31. The van der Waals surface area contributed by atoms with E-state index in [0.29, 0.717) is 28.7 Å². The summed E-state index contributed by atoms with van der Waals surface area (Å²) >= 11 is 0. The number of carbonyl (C=O) groups excluding carboxylic acids is 2. The summed E-state index contributed by atoms with van der Waals surface area (Å²) in [5.74, 6) is -0.769. The summed E-state index contributed by atoms with van der Waals surface area (Å²) in [6, 6.07) is 35.3. The van der Waals surface area contributed by atoms with Crippen molar-refractivity contribution in [3.63, 3.8) is 0 Å². The number of ether oxygens (including phenoxy) is 1.